The lowest BCUT2D eigenvalue weighted by Crippen LogP contribution is -2.36. The third-order valence-electron chi connectivity index (χ3n) is 6.11. The first-order valence-electron chi connectivity index (χ1n) is 10.9. The van der Waals surface area contributed by atoms with Crippen LogP contribution in [-0.2, 0) is 22.5 Å². The Kier molecular flexibility index (Phi) is 7.02. The fourth-order valence-corrected chi connectivity index (χ4v) is 6.20. The molecule has 6 nitrogen and oxygen atoms in total. The van der Waals surface area contributed by atoms with Gasteiger partial charge in [-0.05, 0) is 56.7 Å². The number of carbonyl (C=O) groups excluding carboxylic acids is 1. The van der Waals surface area contributed by atoms with Gasteiger partial charge in [0.2, 0.25) is 5.91 Å². The predicted molar refractivity (Wildman–Crippen MR) is 131 cm³/mol. The average molecular weight is 472 g/mol. The molecule has 2 aromatic heterocycles. The number of thiophene rings is 1. The first-order valence-corrected chi connectivity index (χ1v) is 12.6. The van der Waals surface area contributed by atoms with Crippen molar-refractivity contribution < 1.29 is 9.53 Å². The molecular weight excluding hydrogens is 442 g/mol. The maximum atomic E-state index is 13.3. The van der Waals surface area contributed by atoms with Crippen molar-refractivity contribution in [2.45, 2.75) is 63.0 Å². The molecule has 0 saturated heterocycles. The van der Waals surface area contributed by atoms with Crippen LogP contribution in [0.2, 0.25) is 0 Å². The van der Waals surface area contributed by atoms with Gasteiger partial charge in [0.25, 0.3) is 5.56 Å². The molecule has 0 aliphatic heterocycles. The number of nitrogens with zero attached hydrogens (tertiary/aromatic N) is 2. The van der Waals surface area contributed by atoms with Gasteiger partial charge in [-0.1, -0.05) is 36.0 Å². The molecule has 0 bridgehead atoms. The largest absolute Gasteiger partial charge is 0.383 e. The van der Waals surface area contributed by atoms with E-state index in [-0.39, 0.29) is 22.8 Å². The smallest absolute Gasteiger partial charge is 0.263 e. The highest BCUT2D eigenvalue weighted by atomic mass is 32.2. The quantitative estimate of drug-likeness (QED) is 0.409. The molecular formula is C24H29N3O3S2. The van der Waals surface area contributed by atoms with Crippen LogP contribution in [0.3, 0.4) is 0 Å². The average Bonchev–Trinajstić information content (AvgIpc) is 3.07. The number of aryl methyl sites for hydroxylation is 3. The van der Waals surface area contributed by atoms with Gasteiger partial charge >= 0.3 is 0 Å². The van der Waals surface area contributed by atoms with Crippen LogP contribution < -0.4 is 10.9 Å². The lowest BCUT2D eigenvalue weighted by Gasteiger charge is -2.27. The topological polar surface area (TPSA) is 73.2 Å². The van der Waals surface area contributed by atoms with Crippen LogP contribution in [-0.4, -0.2) is 34.4 Å². The normalized spacial score (nSPS) is 16.7. The number of rotatable bonds is 7. The second kappa shape index (κ2) is 9.77. The SMILES string of the molecule is COCCn1c(S[C@@H](C)C(=O)N[C@@H]2CCCc3ccccc32)nc2sc(C)c(C)c2c1=O. The Labute approximate surface area is 196 Å². The van der Waals surface area contributed by atoms with E-state index in [4.69, 9.17) is 9.72 Å². The second-order valence-corrected chi connectivity index (χ2v) is 10.7. The molecule has 32 heavy (non-hydrogen) atoms. The number of fused-ring (bicyclic) bond motifs is 2. The van der Waals surface area contributed by atoms with Crippen molar-refractivity contribution in [1.29, 1.82) is 0 Å². The van der Waals surface area contributed by atoms with E-state index in [2.05, 4.69) is 23.5 Å². The summed E-state index contributed by atoms with van der Waals surface area (Å²) in [5, 5.41) is 4.07. The van der Waals surface area contributed by atoms with Gasteiger partial charge in [0.05, 0.1) is 29.8 Å². The van der Waals surface area contributed by atoms with E-state index in [0.29, 0.717) is 23.7 Å². The highest BCUT2D eigenvalue weighted by Crippen LogP contribution is 2.32. The highest BCUT2D eigenvalue weighted by Gasteiger charge is 2.26. The van der Waals surface area contributed by atoms with E-state index in [0.717, 1.165) is 34.5 Å². The van der Waals surface area contributed by atoms with Gasteiger partial charge in [-0.15, -0.1) is 11.3 Å². The lowest BCUT2D eigenvalue weighted by molar-refractivity contribution is -0.121. The summed E-state index contributed by atoms with van der Waals surface area (Å²) < 4.78 is 6.86. The molecule has 0 fully saturated rings. The zero-order valence-electron chi connectivity index (χ0n) is 18.9. The number of aromatic nitrogens is 2. The molecule has 1 N–H and O–H groups in total. The molecule has 170 valence electrons. The van der Waals surface area contributed by atoms with Crippen molar-refractivity contribution in [3.63, 3.8) is 0 Å². The summed E-state index contributed by atoms with van der Waals surface area (Å²) in [5.74, 6) is -0.0390. The minimum atomic E-state index is -0.385. The Balaban J connectivity index is 1.58. The lowest BCUT2D eigenvalue weighted by atomic mass is 9.88. The van der Waals surface area contributed by atoms with Gasteiger partial charge in [0.1, 0.15) is 4.83 Å². The zero-order chi connectivity index (χ0) is 22.8. The number of hydrogen-bond acceptors (Lipinski definition) is 6. The van der Waals surface area contributed by atoms with Crippen LogP contribution in [0.1, 0.15) is 47.4 Å². The Morgan fingerprint density at radius 1 is 1.38 bits per heavy atom. The van der Waals surface area contributed by atoms with Crippen LogP contribution >= 0.6 is 23.1 Å². The summed E-state index contributed by atoms with van der Waals surface area (Å²) in [6.07, 6.45) is 3.06. The molecule has 2 atom stereocenters. The molecule has 4 rings (SSSR count). The first-order chi connectivity index (χ1) is 15.4. The number of benzene rings is 1. The predicted octanol–water partition coefficient (Wildman–Crippen LogP) is 4.40. The number of amides is 1. The van der Waals surface area contributed by atoms with Gasteiger partial charge in [-0.3, -0.25) is 14.2 Å². The van der Waals surface area contributed by atoms with Crippen LogP contribution in [0, 0.1) is 13.8 Å². The molecule has 1 aliphatic carbocycles. The van der Waals surface area contributed by atoms with Gasteiger partial charge in [-0.2, -0.15) is 0 Å². The summed E-state index contributed by atoms with van der Waals surface area (Å²) in [6, 6.07) is 8.36. The fraction of sp³-hybridized carbons (Fsp3) is 0.458. The first kappa shape index (κ1) is 23.0. The molecule has 0 radical (unpaired) electrons. The number of methoxy groups -OCH3 is 1. The van der Waals surface area contributed by atoms with E-state index in [9.17, 15) is 9.59 Å². The van der Waals surface area contributed by atoms with Crippen LogP contribution in [0.5, 0.6) is 0 Å². The van der Waals surface area contributed by atoms with Crippen molar-refractivity contribution in [1.82, 2.24) is 14.9 Å². The van der Waals surface area contributed by atoms with E-state index < -0.39 is 0 Å². The minimum absolute atomic E-state index is 0.0317. The van der Waals surface area contributed by atoms with Gasteiger partial charge in [-0.25, -0.2) is 4.98 Å². The van der Waals surface area contributed by atoms with E-state index in [1.807, 2.05) is 26.8 Å². The zero-order valence-corrected chi connectivity index (χ0v) is 20.6. The molecule has 0 saturated carbocycles. The summed E-state index contributed by atoms with van der Waals surface area (Å²) in [5.41, 5.74) is 3.44. The third kappa shape index (κ3) is 4.49. The molecule has 0 unspecified atom stereocenters. The standard InChI is InChI=1S/C24H29N3O3S2/c1-14-15(2)31-22-20(14)23(29)27(12-13-30-4)24(26-22)32-16(3)21(28)25-19-11-7-9-17-8-5-6-10-18(17)19/h5-6,8,10,16,19H,7,9,11-13H2,1-4H3,(H,25,28)/t16-,19+/m0/s1. The van der Waals surface area contributed by atoms with Crippen molar-refractivity contribution >= 4 is 39.2 Å². The molecule has 1 amide bonds. The van der Waals surface area contributed by atoms with Crippen molar-refractivity contribution in [2.75, 3.05) is 13.7 Å². The fourth-order valence-electron chi connectivity index (χ4n) is 4.18. The number of thioether (sulfide) groups is 1. The second-order valence-electron chi connectivity index (χ2n) is 8.22. The summed E-state index contributed by atoms with van der Waals surface area (Å²) >= 11 is 2.86. The van der Waals surface area contributed by atoms with Crippen LogP contribution in [0.15, 0.2) is 34.2 Å². The van der Waals surface area contributed by atoms with Crippen LogP contribution in [0.4, 0.5) is 0 Å². The number of hydrogen-bond donors (Lipinski definition) is 1. The maximum absolute atomic E-state index is 13.3. The monoisotopic (exact) mass is 471 g/mol. The minimum Gasteiger partial charge on any atom is -0.383 e. The third-order valence-corrected chi connectivity index (χ3v) is 8.30. The van der Waals surface area contributed by atoms with Gasteiger partial charge in [0, 0.05) is 12.0 Å². The van der Waals surface area contributed by atoms with Crippen LogP contribution in [0.25, 0.3) is 10.2 Å². The summed E-state index contributed by atoms with van der Waals surface area (Å²) in [7, 11) is 1.61. The summed E-state index contributed by atoms with van der Waals surface area (Å²) in [4.78, 5) is 32.9. The Morgan fingerprint density at radius 2 is 2.16 bits per heavy atom. The highest BCUT2D eigenvalue weighted by molar-refractivity contribution is 8.00. The van der Waals surface area contributed by atoms with E-state index in [1.54, 1.807) is 11.7 Å². The Bertz CT molecular complexity index is 1200. The Hall–Kier alpha value is -2.16. The number of carbonyl (C=O) groups is 1. The molecule has 0 spiro atoms. The summed E-state index contributed by atoms with van der Waals surface area (Å²) in [6.45, 7) is 6.65. The number of ether oxygens (including phenoxy) is 1. The Morgan fingerprint density at radius 3 is 2.94 bits per heavy atom. The molecule has 1 aliphatic rings. The van der Waals surface area contributed by atoms with E-state index in [1.165, 1.54) is 34.2 Å². The molecule has 2 heterocycles. The molecule has 3 aromatic rings. The molecule has 8 heteroatoms. The van der Waals surface area contributed by atoms with Crippen molar-refractivity contribution in [2.24, 2.45) is 0 Å². The maximum Gasteiger partial charge on any atom is 0.263 e. The van der Waals surface area contributed by atoms with E-state index >= 15 is 0 Å². The van der Waals surface area contributed by atoms with Crippen molar-refractivity contribution in [3.8, 4) is 0 Å². The number of nitrogens with one attached hydrogen (secondary N) is 1. The van der Waals surface area contributed by atoms with Crippen molar-refractivity contribution in [3.05, 3.63) is 56.2 Å². The molecule has 1 aromatic carbocycles. The van der Waals surface area contributed by atoms with Gasteiger partial charge in [0.15, 0.2) is 5.16 Å². The van der Waals surface area contributed by atoms with Gasteiger partial charge < -0.3 is 10.1 Å².